The van der Waals surface area contributed by atoms with E-state index in [1.165, 1.54) is 22.0 Å². The number of aliphatic carboxylic acids is 1. The molecule has 1 rings (SSSR count). The summed E-state index contributed by atoms with van der Waals surface area (Å²) in [5.41, 5.74) is 0.452. The van der Waals surface area contributed by atoms with E-state index < -0.39 is 5.97 Å². The van der Waals surface area contributed by atoms with Crippen LogP contribution in [0.5, 0.6) is 0 Å². The zero-order valence-corrected chi connectivity index (χ0v) is 11.9. The van der Waals surface area contributed by atoms with Crippen LogP contribution in [0.1, 0.15) is 13.8 Å². The number of carboxylic acids is 1. The number of hydrogen-bond acceptors (Lipinski definition) is 4. The maximum Gasteiger partial charge on any atom is 0.325 e. The van der Waals surface area contributed by atoms with E-state index >= 15 is 0 Å². The Morgan fingerprint density at radius 2 is 2.25 bits per heavy atom. The van der Waals surface area contributed by atoms with Gasteiger partial charge in [-0.25, -0.2) is 4.79 Å². The molecule has 0 fully saturated rings. The maximum absolute atomic E-state index is 11.8. The Bertz CT molecular complexity index is 458. The van der Waals surface area contributed by atoms with Crippen molar-refractivity contribution in [1.82, 2.24) is 14.7 Å². The molecule has 1 aromatic heterocycles. The van der Waals surface area contributed by atoms with Gasteiger partial charge in [0, 0.05) is 19.8 Å². The van der Waals surface area contributed by atoms with Gasteiger partial charge in [-0.1, -0.05) is 0 Å². The fourth-order valence-electron chi connectivity index (χ4n) is 1.40. The van der Waals surface area contributed by atoms with E-state index in [9.17, 15) is 9.59 Å². The molecule has 112 valence electrons. The van der Waals surface area contributed by atoms with Gasteiger partial charge in [0.15, 0.2) is 0 Å². The van der Waals surface area contributed by atoms with Gasteiger partial charge in [-0.05, 0) is 13.8 Å². The highest BCUT2D eigenvalue weighted by Crippen LogP contribution is 2.05. The van der Waals surface area contributed by atoms with Crippen molar-refractivity contribution in [3.8, 4) is 0 Å². The largest absolute Gasteiger partial charge is 0.480 e. The zero-order chi connectivity index (χ0) is 15.1. The Balaban J connectivity index is 2.40. The summed E-state index contributed by atoms with van der Waals surface area (Å²) in [7, 11) is 1.65. The number of urea groups is 1. The molecular formula is C12H20N4O4. The van der Waals surface area contributed by atoms with Gasteiger partial charge in [0.1, 0.15) is 6.54 Å². The monoisotopic (exact) mass is 284 g/mol. The first-order valence-electron chi connectivity index (χ1n) is 6.26. The number of anilines is 1. The van der Waals surface area contributed by atoms with E-state index in [1.807, 2.05) is 13.8 Å². The molecule has 20 heavy (non-hydrogen) atoms. The molecule has 0 bridgehead atoms. The van der Waals surface area contributed by atoms with E-state index in [0.29, 0.717) is 18.8 Å². The standard InChI is InChI=1S/C12H20N4O4/c1-9(2)20-5-4-15(3)12(19)14-10-6-13-16(7-10)8-11(17)18/h6-7,9H,4-5,8H2,1-3H3,(H,14,19)(H,17,18). The number of carbonyl (C=O) groups is 2. The molecule has 0 saturated heterocycles. The number of hydrogen-bond donors (Lipinski definition) is 2. The molecule has 0 saturated carbocycles. The van der Waals surface area contributed by atoms with Gasteiger partial charge in [0.05, 0.1) is 24.6 Å². The lowest BCUT2D eigenvalue weighted by atomic mass is 10.5. The third-order valence-corrected chi connectivity index (χ3v) is 2.41. The molecule has 0 aliphatic heterocycles. The normalized spacial score (nSPS) is 10.6. The van der Waals surface area contributed by atoms with Crippen molar-refractivity contribution in [3.05, 3.63) is 12.4 Å². The predicted molar refractivity (Wildman–Crippen MR) is 72.6 cm³/mol. The first-order valence-corrected chi connectivity index (χ1v) is 6.26. The minimum absolute atomic E-state index is 0.126. The van der Waals surface area contributed by atoms with Crippen LogP contribution < -0.4 is 5.32 Å². The third kappa shape index (κ3) is 5.70. The lowest BCUT2D eigenvalue weighted by Gasteiger charge is -2.18. The lowest BCUT2D eigenvalue weighted by Crippen LogP contribution is -2.34. The van der Waals surface area contributed by atoms with Crippen molar-refractivity contribution in [2.75, 3.05) is 25.5 Å². The number of rotatable bonds is 7. The fourth-order valence-corrected chi connectivity index (χ4v) is 1.40. The number of nitrogens with one attached hydrogen (secondary N) is 1. The summed E-state index contributed by atoms with van der Waals surface area (Å²) in [4.78, 5) is 23.8. The van der Waals surface area contributed by atoms with Gasteiger partial charge in [0.25, 0.3) is 0 Å². The highest BCUT2D eigenvalue weighted by Gasteiger charge is 2.10. The Kier molecular flexibility index (Phi) is 5.98. The van der Waals surface area contributed by atoms with Crippen LogP contribution in [0.4, 0.5) is 10.5 Å². The van der Waals surface area contributed by atoms with Crippen LogP contribution in [-0.2, 0) is 16.1 Å². The Morgan fingerprint density at radius 3 is 2.85 bits per heavy atom. The van der Waals surface area contributed by atoms with Crippen LogP contribution in [0.3, 0.4) is 0 Å². The average Bonchev–Trinajstić information content (AvgIpc) is 2.74. The molecule has 1 aromatic rings. The number of nitrogens with zero attached hydrogens (tertiary/aromatic N) is 3. The number of carboxylic acid groups (broad SMARTS) is 1. The fraction of sp³-hybridized carbons (Fsp3) is 0.583. The molecule has 0 spiro atoms. The van der Waals surface area contributed by atoms with E-state index in [-0.39, 0.29) is 18.7 Å². The second kappa shape index (κ2) is 7.49. The number of likely N-dealkylation sites (N-methyl/N-ethyl adjacent to an activating group) is 1. The molecular weight excluding hydrogens is 264 g/mol. The quantitative estimate of drug-likeness (QED) is 0.774. The second-order valence-corrected chi connectivity index (χ2v) is 4.59. The smallest absolute Gasteiger partial charge is 0.325 e. The van der Waals surface area contributed by atoms with Crippen LogP contribution in [0.25, 0.3) is 0 Å². The van der Waals surface area contributed by atoms with E-state index in [2.05, 4.69) is 10.4 Å². The molecule has 0 unspecified atom stereocenters. The minimum Gasteiger partial charge on any atom is -0.480 e. The summed E-state index contributed by atoms with van der Waals surface area (Å²) in [5.74, 6) is -0.992. The van der Waals surface area contributed by atoms with Crippen LogP contribution in [-0.4, -0.2) is 58.1 Å². The lowest BCUT2D eigenvalue weighted by molar-refractivity contribution is -0.137. The van der Waals surface area contributed by atoms with Crippen molar-refractivity contribution in [2.45, 2.75) is 26.5 Å². The summed E-state index contributed by atoms with van der Waals surface area (Å²) in [6, 6.07) is -0.299. The molecule has 2 amide bonds. The number of carbonyl (C=O) groups excluding carboxylic acids is 1. The molecule has 0 aromatic carbocycles. The predicted octanol–water partition coefficient (Wildman–Crippen LogP) is 0.856. The summed E-state index contributed by atoms with van der Waals surface area (Å²) in [5, 5.41) is 15.1. The highest BCUT2D eigenvalue weighted by molar-refractivity contribution is 5.88. The molecule has 2 N–H and O–H groups in total. The SMILES string of the molecule is CC(C)OCCN(C)C(=O)Nc1cnn(CC(=O)O)c1. The highest BCUT2D eigenvalue weighted by atomic mass is 16.5. The molecule has 0 radical (unpaired) electrons. The summed E-state index contributed by atoms with van der Waals surface area (Å²) < 4.78 is 6.59. The third-order valence-electron chi connectivity index (χ3n) is 2.41. The molecule has 0 atom stereocenters. The van der Waals surface area contributed by atoms with Gasteiger partial charge < -0.3 is 20.1 Å². The second-order valence-electron chi connectivity index (χ2n) is 4.59. The van der Waals surface area contributed by atoms with Crippen molar-refractivity contribution in [1.29, 1.82) is 0 Å². The first kappa shape index (κ1) is 16.0. The van der Waals surface area contributed by atoms with Gasteiger partial charge in [-0.15, -0.1) is 0 Å². The zero-order valence-electron chi connectivity index (χ0n) is 11.9. The van der Waals surface area contributed by atoms with Crippen LogP contribution in [0.2, 0.25) is 0 Å². The van der Waals surface area contributed by atoms with E-state index in [0.717, 1.165) is 0 Å². The first-order chi connectivity index (χ1) is 9.38. The van der Waals surface area contributed by atoms with Crippen LogP contribution in [0.15, 0.2) is 12.4 Å². The van der Waals surface area contributed by atoms with Crippen molar-refractivity contribution < 1.29 is 19.4 Å². The topological polar surface area (TPSA) is 96.7 Å². The molecule has 8 nitrogen and oxygen atoms in total. The summed E-state index contributed by atoms with van der Waals surface area (Å²) in [6.45, 7) is 4.54. The number of ether oxygens (including phenoxy) is 1. The number of amides is 2. The van der Waals surface area contributed by atoms with Crippen LogP contribution in [0, 0.1) is 0 Å². The van der Waals surface area contributed by atoms with Crippen molar-refractivity contribution in [2.24, 2.45) is 0 Å². The Hall–Kier alpha value is -2.09. The molecule has 0 aliphatic rings. The van der Waals surface area contributed by atoms with Gasteiger partial charge in [-0.2, -0.15) is 5.10 Å². The average molecular weight is 284 g/mol. The van der Waals surface area contributed by atoms with E-state index in [4.69, 9.17) is 9.84 Å². The van der Waals surface area contributed by atoms with E-state index in [1.54, 1.807) is 7.05 Å². The van der Waals surface area contributed by atoms with Gasteiger partial charge in [-0.3, -0.25) is 9.48 Å². The molecule has 1 heterocycles. The molecule has 0 aliphatic carbocycles. The Morgan fingerprint density at radius 1 is 1.55 bits per heavy atom. The van der Waals surface area contributed by atoms with Gasteiger partial charge in [0.2, 0.25) is 0 Å². The Labute approximate surface area is 117 Å². The number of aromatic nitrogens is 2. The molecule has 8 heteroatoms. The maximum atomic E-state index is 11.8. The minimum atomic E-state index is -0.992. The summed E-state index contributed by atoms with van der Waals surface area (Å²) in [6.07, 6.45) is 2.99. The van der Waals surface area contributed by atoms with Crippen molar-refractivity contribution >= 4 is 17.7 Å². The van der Waals surface area contributed by atoms with Crippen LogP contribution >= 0.6 is 0 Å². The summed E-state index contributed by atoms with van der Waals surface area (Å²) >= 11 is 0. The van der Waals surface area contributed by atoms with Crippen molar-refractivity contribution in [3.63, 3.8) is 0 Å². The van der Waals surface area contributed by atoms with Gasteiger partial charge >= 0.3 is 12.0 Å².